The van der Waals surface area contributed by atoms with Crippen molar-refractivity contribution in [3.05, 3.63) is 75.1 Å². The third-order valence-electron chi connectivity index (χ3n) is 3.96. The highest BCUT2D eigenvalue weighted by atomic mass is 32.2. The molecule has 0 fully saturated rings. The van der Waals surface area contributed by atoms with E-state index in [2.05, 4.69) is 0 Å². The summed E-state index contributed by atoms with van der Waals surface area (Å²) in [6, 6.07) is 10.9. The molecule has 1 heterocycles. The van der Waals surface area contributed by atoms with Crippen LogP contribution in [0.5, 0.6) is 0 Å². The van der Waals surface area contributed by atoms with Crippen molar-refractivity contribution in [1.29, 1.82) is 0 Å². The van der Waals surface area contributed by atoms with Gasteiger partial charge in [0.15, 0.2) is 11.2 Å². The Morgan fingerprint density at radius 3 is 2.27 bits per heavy atom. The van der Waals surface area contributed by atoms with Gasteiger partial charge in [0.05, 0.1) is 10.3 Å². The van der Waals surface area contributed by atoms with E-state index in [1.165, 1.54) is 6.07 Å². The Morgan fingerprint density at radius 1 is 1.00 bits per heavy atom. The zero-order valence-corrected chi connectivity index (χ0v) is 15.3. The summed E-state index contributed by atoms with van der Waals surface area (Å²) in [5, 5.41) is 0.317. The van der Waals surface area contributed by atoms with E-state index in [0.717, 1.165) is 11.6 Å². The molecular formula is C19H17NO5S. The summed E-state index contributed by atoms with van der Waals surface area (Å²) in [5.74, 6) is -1.35. The molecule has 0 atom stereocenters. The normalized spacial score (nSPS) is 11.5. The van der Waals surface area contributed by atoms with Crippen LogP contribution in [-0.4, -0.2) is 14.3 Å². The Morgan fingerprint density at radius 2 is 1.62 bits per heavy atom. The van der Waals surface area contributed by atoms with E-state index in [1.54, 1.807) is 44.2 Å². The fraction of sp³-hybridized carbons (Fsp3) is 0.158. The van der Waals surface area contributed by atoms with Crippen LogP contribution >= 0.6 is 0 Å². The summed E-state index contributed by atoms with van der Waals surface area (Å²) in [7, 11) is -4.11. The maximum atomic E-state index is 12.7. The third kappa shape index (κ3) is 3.25. The van der Waals surface area contributed by atoms with Crippen LogP contribution < -0.4 is 10.2 Å². The van der Waals surface area contributed by atoms with Gasteiger partial charge in [-0.25, -0.2) is 13.1 Å². The molecule has 6 nitrogen and oxygen atoms in total. The lowest BCUT2D eigenvalue weighted by Gasteiger charge is -2.13. The number of hydrogen-bond donors (Lipinski definition) is 1. The molecule has 3 rings (SSSR count). The first-order valence-corrected chi connectivity index (χ1v) is 9.35. The van der Waals surface area contributed by atoms with Gasteiger partial charge in [-0.05, 0) is 44.0 Å². The maximum absolute atomic E-state index is 12.7. The van der Waals surface area contributed by atoms with Crippen molar-refractivity contribution >= 4 is 26.9 Å². The van der Waals surface area contributed by atoms with Gasteiger partial charge in [0.2, 0.25) is 0 Å². The Kier molecular flexibility index (Phi) is 4.41. The van der Waals surface area contributed by atoms with Gasteiger partial charge in [-0.1, -0.05) is 29.8 Å². The summed E-state index contributed by atoms with van der Waals surface area (Å²) in [6.45, 7) is 5.18. The first kappa shape index (κ1) is 17.9. The largest absolute Gasteiger partial charge is 0.451 e. The molecular weight excluding hydrogens is 354 g/mol. The molecule has 3 aromatic rings. The lowest BCUT2D eigenvalue weighted by Crippen LogP contribution is -2.32. The second-order valence-electron chi connectivity index (χ2n) is 6.13. The first-order chi connectivity index (χ1) is 12.2. The van der Waals surface area contributed by atoms with Gasteiger partial charge in [-0.3, -0.25) is 9.59 Å². The average Bonchev–Trinajstić information content (AvgIpc) is 2.53. The summed E-state index contributed by atoms with van der Waals surface area (Å²) in [5.41, 5.74) is 1.78. The Balaban J connectivity index is 2.01. The van der Waals surface area contributed by atoms with Crippen LogP contribution in [0.25, 0.3) is 11.0 Å². The number of nitrogens with one attached hydrogen (secondary N) is 1. The molecule has 1 aromatic heterocycles. The summed E-state index contributed by atoms with van der Waals surface area (Å²) >= 11 is 0. The van der Waals surface area contributed by atoms with E-state index in [-0.39, 0.29) is 16.2 Å². The van der Waals surface area contributed by atoms with Gasteiger partial charge in [0.25, 0.3) is 10.0 Å². The molecule has 134 valence electrons. The SMILES string of the molecule is Cc1cc(C)c(S(=O)(=O)NC(=O)c2cc(=O)c3ccccc3o2)c(C)c1. The van der Waals surface area contributed by atoms with Crippen LogP contribution in [-0.2, 0) is 10.0 Å². The molecule has 0 spiro atoms. The number of hydrogen-bond acceptors (Lipinski definition) is 5. The van der Waals surface area contributed by atoms with E-state index < -0.39 is 21.4 Å². The topological polar surface area (TPSA) is 93.5 Å². The molecule has 1 N–H and O–H groups in total. The van der Waals surface area contributed by atoms with E-state index >= 15 is 0 Å². The molecule has 0 aliphatic rings. The van der Waals surface area contributed by atoms with E-state index in [9.17, 15) is 18.0 Å². The van der Waals surface area contributed by atoms with Gasteiger partial charge < -0.3 is 4.42 Å². The van der Waals surface area contributed by atoms with Crippen molar-refractivity contribution in [2.45, 2.75) is 25.7 Å². The highest BCUT2D eigenvalue weighted by Gasteiger charge is 2.24. The first-order valence-electron chi connectivity index (χ1n) is 7.87. The van der Waals surface area contributed by atoms with Crippen molar-refractivity contribution in [3.63, 3.8) is 0 Å². The summed E-state index contributed by atoms with van der Waals surface area (Å²) in [4.78, 5) is 24.5. The molecule has 0 bridgehead atoms. The van der Waals surface area contributed by atoms with Crippen LogP contribution in [0.4, 0.5) is 0 Å². The van der Waals surface area contributed by atoms with Gasteiger partial charge >= 0.3 is 5.91 Å². The van der Waals surface area contributed by atoms with Gasteiger partial charge in [-0.15, -0.1) is 0 Å². The number of rotatable bonds is 3. The van der Waals surface area contributed by atoms with Crippen molar-refractivity contribution in [3.8, 4) is 0 Å². The third-order valence-corrected chi connectivity index (χ3v) is 5.59. The maximum Gasteiger partial charge on any atom is 0.300 e. The minimum absolute atomic E-state index is 0.0413. The van der Waals surface area contributed by atoms with Gasteiger partial charge in [0, 0.05) is 6.07 Å². The molecule has 0 aliphatic heterocycles. The number of amides is 1. The second kappa shape index (κ2) is 6.42. The Bertz CT molecular complexity index is 1170. The van der Waals surface area contributed by atoms with Crippen molar-refractivity contribution in [2.24, 2.45) is 0 Å². The minimum atomic E-state index is -4.11. The molecule has 0 saturated heterocycles. The number of benzene rings is 2. The molecule has 26 heavy (non-hydrogen) atoms. The zero-order chi connectivity index (χ0) is 19.1. The Labute approximate surface area is 150 Å². The molecule has 2 aromatic carbocycles. The van der Waals surface area contributed by atoms with Crippen LogP contribution in [0.15, 0.2) is 56.6 Å². The predicted octanol–water partition coefficient (Wildman–Crippen LogP) is 2.84. The standard InChI is InChI=1S/C19H17NO5S/c1-11-8-12(2)18(13(3)9-11)26(23,24)20-19(22)17-10-15(21)14-6-4-5-7-16(14)25-17/h4-10H,1-3H3,(H,20,22). The van der Waals surface area contributed by atoms with Crippen molar-refractivity contribution in [2.75, 3.05) is 0 Å². The minimum Gasteiger partial charge on any atom is -0.451 e. The van der Waals surface area contributed by atoms with Crippen molar-refractivity contribution < 1.29 is 17.6 Å². The number of para-hydroxylation sites is 1. The van der Waals surface area contributed by atoms with Gasteiger partial charge in [0.1, 0.15) is 5.58 Å². The Hall–Kier alpha value is -2.93. The lowest BCUT2D eigenvalue weighted by molar-refractivity contribution is 0.0955. The summed E-state index contributed by atoms with van der Waals surface area (Å²) < 4.78 is 32.7. The van der Waals surface area contributed by atoms with Crippen LogP contribution in [0.2, 0.25) is 0 Å². The number of carbonyl (C=O) groups is 1. The monoisotopic (exact) mass is 371 g/mol. The number of aryl methyl sites for hydroxylation is 3. The van der Waals surface area contributed by atoms with Crippen LogP contribution in [0, 0.1) is 20.8 Å². The smallest absolute Gasteiger partial charge is 0.300 e. The number of sulfonamides is 1. The quantitative estimate of drug-likeness (QED) is 0.764. The molecule has 0 aliphatic carbocycles. The molecule has 7 heteroatoms. The zero-order valence-electron chi connectivity index (χ0n) is 14.5. The van der Waals surface area contributed by atoms with E-state index in [1.807, 2.05) is 11.6 Å². The van der Waals surface area contributed by atoms with E-state index in [0.29, 0.717) is 16.5 Å². The number of fused-ring (bicyclic) bond motifs is 1. The molecule has 0 saturated carbocycles. The highest BCUT2D eigenvalue weighted by Crippen LogP contribution is 2.22. The second-order valence-corrected chi connectivity index (χ2v) is 7.75. The molecule has 0 unspecified atom stereocenters. The van der Waals surface area contributed by atoms with Crippen LogP contribution in [0.3, 0.4) is 0 Å². The van der Waals surface area contributed by atoms with Crippen LogP contribution in [0.1, 0.15) is 27.2 Å². The molecule has 0 radical (unpaired) electrons. The predicted molar refractivity (Wildman–Crippen MR) is 97.8 cm³/mol. The van der Waals surface area contributed by atoms with Gasteiger partial charge in [-0.2, -0.15) is 0 Å². The lowest BCUT2D eigenvalue weighted by atomic mass is 10.1. The fourth-order valence-electron chi connectivity index (χ4n) is 3.03. The fourth-order valence-corrected chi connectivity index (χ4v) is 4.44. The molecule has 1 amide bonds. The van der Waals surface area contributed by atoms with E-state index in [4.69, 9.17) is 4.42 Å². The number of carbonyl (C=O) groups excluding carboxylic acids is 1. The summed E-state index contributed by atoms with van der Waals surface area (Å²) in [6.07, 6.45) is 0. The average molecular weight is 371 g/mol. The highest BCUT2D eigenvalue weighted by molar-refractivity contribution is 7.90. The van der Waals surface area contributed by atoms with Crippen molar-refractivity contribution in [1.82, 2.24) is 4.72 Å².